The van der Waals surface area contributed by atoms with Crippen molar-refractivity contribution < 1.29 is 14.3 Å². The molecule has 1 heterocycles. The summed E-state index contributed by atoms with van der Waals surface area (Å²) in [7, 11) is 0. The summed E-state index contributed by atoms with van der Waals surface area (Å²) in [6, 6.07) is 6.14. The van der Waals surface area contributed by atoms with Gasteiger partial charge in [-0.2, -0.15) is 5.10 Å². The maximum Gasteiger partial charge on any atom is 0.245 e. The molecule has 5 heteroatoms. The molecule has 0 radical (unpaired) electrons. The van der Waals surface area contributed by atoms with Gasteiger partial charge in [0.2, 0.25) is 5.91 Å². The predicted molar refractivity (Wildman–Crippen MR) is 81.2 cm³/mol. The Hall–Kier alpha value is -1.72. The van der Waals surface area contributed by atoms with Crippen LogP contribution in [0.5, 0.6) is 0 Å². The fraction of sp³-hybridized carbons (Fsp3) is 0.500. The summed E-state index contributed by atoms with van der Waals surface area (Å²) in [5, 5.41) is 4.16. The van der Waals surface area contributed by atoms with Crippen molar-refractivity contribution in [3.8, 4) is 0 Å². The molecule has 5 nitrogen and oxygen atoms in total. The molecular weight excluding hydrogens is 268 g/mol. The first-order valence-corrected chi connectivity index (χ1v) is 7.08. The standard InChI is InChI=1S/C16H22N2O3/c1-11-5-6-14(12(2)9-11)13(3)17-18-15(19)10-16(4)20-7-8-21-16/h5-6,9H,7-8,10H2,1-4H3,(H,18,19)/b17-13+. The molecule has 1 fully saturated rings. The van der Waals surface area contributed by atoms with E-state index in [1.807, 2.05) is 32.9 Å². The molecule has 1 amide bonds. The van der Waals surface area contributed by atoms with Crippen molar-refractivity contribution in [2.45, 2.75) is 39.9 Å². The Morgan fingerprint density at radius 2 is 2.00 bits per heavy atom. The smallest absolute Gasteiger partial charge is 0.245 e. The van der Waals surface area contributed by atoms with E-state index >= 15 is 0 Å². The summed E-state index contributed by atoms with van der Waals surface area (Å²) in [5.74, 6) is -1.05. The van der Waals surface area contributed by atoms with Crippen molar-refractivity contribution in [2.75, 3.05) is 13.2 Å². The number of amides is 1. The molecule has 114 valence electrons. The van der Waals surface area contributed by atoms with Crippen LogP contribution in [-0.2, 0) is 14.3 Å². The molecule has 2 rings (SSSR count). The van der Waals surface area contributed by atoms with Crippen molar-refractivity contribution in [1.82, 2.24) is 5.43 Å². The van der Waals surface area contributed by atoms with E-state index in [1.165, 1.54) is 5.56 Å². The Kier molecular flexibility index (Phi) is 4.75. The molecule has 21 heavy (non-hydrogen) atoms. The van der Waals surface area contributed by atoms with Crippen LogP contribution in [0.15, 0.2) is 23.3 Å². The van der Waals surface area contributed by atoms with Crippen molar-refractivity contribution in [2.24, 2.45) is 5.10 Å². The predicted octanol–water partition coefficient (Wildman–Crippen LogP) is 2.30. The number of aryl methyl sites for hydroxylation is 2. The number of ether oxygens (including phenoxy) is 2. The normalized spacial score (nSPS) is 17.8. The molecule has 1 aromatic rings. The first-order valence-electron chi connectivity index (χ1n) is 7.08. The van der Waals surface area contributed by atoms with Gasteiger partial charge in [-0.15, -0.1) is 0 Å². The average molecular weight is 290 g/mol. The largest absolute Gasteiger partial charge is 0.347 e. The van der Waals surface area contributed by atoms with Gasteiger partial charge in [0.25, 0.3) is 0 Å². The van der Waals surface area contributed by atoms with Crippen LogP contribution in [0, 0.1) is 13.8 Å². The third-order valence-corrected chi connectivity index (χ3v) is 3.50. The summed E-state index contributed by atoms with van der Waals surface area (Å²) >= 11 is 0. The van der Waals surface area contributed by atoms with Crippen LogP contribution in [0.3, 0.4) is 0 Å². The summed E-state index contributed by atoms with van der Waals surface area (Å²) in [6.07, 6.45) is 0.136. The lowest BCUT2D eigenvalue weighted by Gasteiger charge is -2.20. The molecule has 0 aromatic heterocycles. The van der Waals surface area contributed by atoms with Gasteiger partial charge in [-0.25, -0.2) is 5.43 Å². The van der Waals surface area contributed by atoms with Crippen LogP contribution in [0.4, 0.5) is 0 Å². The van der Waals surface area contributed by atoms with Gasteiger partial charge >= 0.3 is 0 Å². The van der Waals surface area contributed by atoms with Crippen molar-refractivity contribution in [3.63, 3.8) is 0 Å². The molecule has 0 saturated carbocycles. The van der Waals surface area contributed by atoms with Gasteiger partial charge in [0, 0.05) is 5.56 Å². The summed E-state index contributed by atoms with van der Waals surface area (Å²) < 4.78 is 10.8. The number of hydrazone groups is 1. The number of nitrogens with zero attached hydrogens (tertiary/aromatic N) is 1. The molecule has 1 aliphatic heterocycles. The van der Waals surface area contributed by atoms with Gasteiger partial charge in [-0.3, -0.25) is 4.79 Å². The Morgan fingerprint density at radius 1 is 1.33 bits per heavy atom. The summed E-state index contributed by atoms with van der Waals surface area (Å²) in [5.41, 5.74) is 6.71. The molecule has 0 spiro atoms. The van der Waals surface area contributed by atoms with E-state index in [1.54, 1.807) is 6.92 Å². The van der Waals surface area contributed by atoms with E-state index in [0.717, 1.165) is 16.8 Å². The molecule has 1 aliphatic rings. The monoisotopic (exact) mass is 290 g/mol. The lowest BCUT2D eigenvalue weighted by atomic mass is 10.0. The fourth-order valence-corrected chi connectivity index (χ4v) is 2.42. The molecule has 0 unspecified atom stereocenters. The first-order chi connectivity index (χ1) is 9.89. The van der Waals surface area contributed by atoms with E-state index in [9.17, 15) is 4.79 Å². The third kappa shape index (κ3) is 4.12. The number of hydrogen-bond donors (Lipinski definition) is 1. The molecule has 1 N–H and O–H groups in total. The second-order valence-electron chi connectivity index (χ2n) is 5.56. The highest BCUT2D eigenvalue weighted by molar-refractivity contribution is 6.00. The molecule has 0 bridgehead atoms. The van der Waals surface area contributed by atoms with Crippen LogP contribution >= 0.6 is 0 Å². The fourth-order valence-electron chi connectivity index (χ4n) is 2.42. The number of nitrogens with one attached hydrogen (secondary N) is 1. The number of hydrogen-bond acceptors (Lipinski definition) is 4. The van der Waals surface area contributed by atoms with Crippen LogP contribution < -0.4 is 5.43 Å². The maximum absolute atomic E-state index is 11.9. The van der Waals surface area contributed by atoms with Crippen molar-refractivity contribution >= 4 is 11.6 Å². The quantitative estimate of drug-likeness (QED) is 0.683. The summed E-state index contributed by atoms with van der Waals surface area (Å²) in [6.45, 7) is 8.77. The van der Waals surface area contributed by atoms with Crippen LogP contribution in [0.1, 0.15) is 37.0 Å². The van der Waals surface area contributed by atoms with Gasteiger partial charge in [0.1, 0.15) is 0 Å². The Morgan fingerprint density at radius 3 is 2.62 bits per heavy atom. The number of carbonyl (C=O) groups excluding carboxylic acids is 1. The van der Waals surface area contributed by atoms with Crippen molar-refractivity contribution in [1.29, 1.82) is 0 Å². The lowest BCUT2D eigenvalue weighted by molar-refractivity contribution is -0.159. The Bertz CT molecular complexity index is 561. The van der Waals surface area contributed by atoms with Crippen LogP contribution in [0.25, 0.3) is 0 Å². The van der Waals surface area contributed by atoms with Crippen LogP contribution in [0.2, 0.25) is 0 Å². The van der Waals surface area contributed by atoms with Gasteiger partial charge in [0.05, 0.1) is 25.3 Å². The minimum absolute atomic E-state index is 0.136. The molecule has 0 atom stereocenters. The van der Waals surface area contributed by atoms with Gasteiger partial charge in [-0.1, -0.05) is 23.8 Å². The number of rotatable bonds is 4. The zero-order chi connectivity index (χ0) is 15.5. The average Bonchev–Trinajstić information content (AvgIpc) is 2.82. The minimum atomic E-state index is -0.826. The Labute approximate surface area is 125 Å². The highest BCUT2D eigenvalue weighted by Gasteiger charge is 2.33. The molecule has 1 saturated heterocycles. The highest BCUT2D eigenvalue weighted by Crippen LogP contribution is 2.22. The van der Waals surface area contributed by atoms with E-state index < -0.39 is 5.79 Å². The summed E-state index contributed by atoms with van der Waals surface area (Å²) in [4.78, 5) is 11.9. The zero-order valence-corrected chi connectivity index (χ0v) is 13.0. The minimum Gasteiger partial charge on any atom is -0.347 e. The second kappa shape index (κ2) is 6.37. The van der Waals surface area contributed by atoms with Gasteiger partial charge in [0.15, 0.2) is 5.79 Å². The molecular formula is C16H22N2O3. The van der Waals surface area contributed by atoms with E-state index in [4.69, 9.17) is 9.47 Å². The maximum atomic E-state index is 11.9. The van der Waals surface area contributed by atoms with Crippen LogP contribution in [-0.4, -0.2) is 30.6 Å². The van der Waals surface area contributed by atoms with E-state index in [2.05, 4.69) is 16.6 Å². The number of benzene rings is 1. The highest BCUT2D eigenvalue weighted by atomic mass is 16.7. The topological polar surface area (TPSA) is 59.9 Å². The van der Waals surface area contributed by atoms with Crippen molar-refractivity contribution in [3.05, 3.63) is 34.9 Å². The van der Waals surface area contributed by atoms with E-state index in [0.29, 0.717) is 13.2 Å². The van der Waals surface area contributed by atoms with Gasteiger partial charge < -0.3 is 9.47 Å². The molecule has 0 aliphatic carbocycles. The second-order valence-corrected chi connectivity index (χ2v) is 5.56. The molecule has 1 aromatic carbocycles. The number of carbonyl (C=O) groups is 1. The van der Waals surface area contributed by atoms with Gasteiger partial charge in [-0.05, 0) is 33.3 Å². The first kappa shape index (κ1) is 15.7. The third-order valence-electron chi connectivity index (χ3n) is 3.50. The zero-order valence-electron chi connectivity index (χ0n) is 13.0. The Balaban J connectivity index is 1.98. The van der Waals surface area contributed by atoms with E-state index in [-0.39, 0.29) is 12.3 Å². The lowest BCUT2D eigenvalue weighted by Crippen LogP contribution is -2.33. The SMILES string of the molecule is C/C(=N\NC(=O)CC1(C)OCCO1)c1ccc(C)cc1C.